The molecule has 176 valence electrons. The quantitative estimate of drug-likeness (QED) is 0.598. The molecular formula is C22H25N3O7S. The van der Waals surface area contributed by atoms with Gasteiger partial charge in [0.25, 0.3) is 5.91 Å². The largest absolute Gasteiger partial charge is 0.492 e. The Hall–Kier alpha value is -3.31. The molecule has 1 saturated heterocycles. The first-order valence-corrected chi connectivity index (χ1v) is 12.1. The zero-order valence-electron chi connectivity index (χ0n) is 18.1. The Bertz CT molecular complexity index is 1160. The molecule has 0 unspecified atom stereocenters. The van der Waals surface area contributed by atoms with E-state index in [-0.39, 0.29) is 24.0 Å². The number of sulfonamides is 1. The van der Waals surface area contributed by atoms with E-state index in [0.29, 0.717) is 42.4 Å². The van der Waals surface area contributed by atoms with Crippen molar-refractivity contribution in [3.63, 3.8) is 0 Å². The van der Waals surface area contributed by atoms with Gasteiger partial charge in [-0.25, -0.2) is 8.42 Å². The summed E-state index contributed by atoms with van der Waals surface area (Å²) in [4.78, 5) is 24.8. The van der Waals surface area contributed by atoms with E-state index in [1.54, 1.807) is 25.1 Å². The van der Waals surface area contributed by atoms with E-state index in [2.05, 4.69) is 10.6 Å². The summed E-state index contributed by atoms with van der Waals surface area (Å²) in [6.07, 6.45) is 1.62. The molecule has 2 aliphatic heterocycles. The molecule has 4 rings (SSSR count). The summed E-state index contributed by atoms with van der Waals surface area (Å²) in [6.45, 7) is 2.78. The predicted molar refractivity (Wildman–Crippen MR) is 119 cm³/mol. The lowest BCUT2D eigenvalue weighted by Crippen LogP contribution is -2.33. The molecular weight excluding hydrogens is 450 g/mol. The highest BCUT2D eigenvalue weighted by Gasteiger charge is 2.30. The number of anilines is 1. The van der Waals surface area contributed by atoms with E-state index in [1.165, 1.54) is 22.5 Å². The number of amides is 2. The van der Waals surface area contributed by atoms with Crippen LogP contribution >= 0.6 is 0 Å². The van der Waals surface area contributed by atoms with Gasteiger partial charge in [0, 0.05) is 24.3 Å². The van der Waals surface area contributed by atoms with E-state index < -0.39 is 21.8 Å². The number of carbonyl (C=O) groups excluding carboxylic acids is 2. The summed E-state index contributed by atoms with van der Waals surface area (Å²) in [7, 11) is -3.75. The van der Waals surface area contributed by atoms with Crippen LogP contribution in [-0.2, 0) is 14.8 Å². The molecule has 2 aromatic carbocycles. The number of fused-ring (bicyclic) bond motifs is 1. The topological polar surface area (TPSA) is 123 Å². The maximum atomic E-state index is 13.1. The van der Waals surface area contributed by atoms with Gasteiger partial charge < -0.3 is 24.8 Å². The Morgan fingerprint density at radius 3 is 2.58 bits per heavy atom. The molecule has 2 amide bonds. The van der Waals surface area contributed by atoms with Crippen molar-refractivity contribution in [2.75, 3.05) is 38.4 Å². The Morgan fingerprint density at radius 2 is 1.82 bits per heavy atom. The third-order valence-electron chi connectivity index (χ3n) is 5.25. The summed E-state index contributed by atoms with van der Waals surface area (Å²) in [5, 5.41) is 5.16. The molecule has 2 aromatic rings. The first kappa shape index (κ1) is 22.9. The molecule has 0 bridgehead atoms. The zero-order valence-corrected chi connectivity index (χ0v) is 18.9. The van der Waals surface area contributed by atoms with Crippen LogP contribution in [0.5, 0.6) is 17.2 Å². The van der Waals surface area contributed by atoms with Gasteiger partial charge >= 0.3 is 0 Å². The van der Waals surface area contributed by atoms with Crippen molar-refractivity contribution < 1.29 is 32.2 Å². The van der Waals surface area contributed by atoms with Crippen molar-refractivity contribution in [1.29, 1.82) is 0 Å². The van der Waals surface area contributed by atoms with Gasteiger partial charge in [-0.05, 0) is 56.2 Å². The second kappa shape index (κ2) is 9.67. The summed E-state index contributed by atoms with van der Waals surface area (Å²) in [5.74, 6) is 0.302. The third kappa shape index (κ3) is 5.04. The maximum absolute atomic E-state index is 13.1. The normalized spacial score (nSPS) is 15.3. The van der Waals surface area contributed by atoms with Gasteiger partial charge in [0.1, 0.15) is 10.6 Å². The van der Waals surface area contributed by atoms with Crippen LogP contribution in [-0.4, -0.2) is 57.6 Å². The predicted octanol–water partition coefficient (Wildman–Crippen LogP) is 1.97. The fraction of sp³-hybridized carbons (Fsp3) is 0.364. The second-order valence-corrected chi connectivity index (χ2v) is 9.41. The van der Waals surface area contributed by atoms with E-state index in [9.17, 15) is 18.0 Å². The molecule has 1 fully saturated rings. The minimum Gasteiger partial charge on any atom is -0.492 e. The standard InChI is InChI=1S/C22H25N3O7S/c1-2-30-18-8-6-16(12-20(18)33(28,29)25-9-3-4-10-25)24-21(26)13-23-22(27)15-5-7-17-19(11-15)32-14-31-17/h5-8,11-12H,2-4,9-10,13-14H2,1H3,(H,23,27)(H,24,26). The van der Waals surface area contributed by atoms with Gasteiger partial charge in [-0.3, -0.25) is 9.59 Å². The van der Waals surface area contributed by atoms with Crippen LogP contribution in [0, 0.1) is 0 Å². The molecule has 0 spiro atoms. The third-order valence-corrected chi connectivity index (χ3v) is 7.17. The summed E-state index contributed by atoms with van der Waals surface area (Å²) >= 11 is 0. The highest BCUT2D eigenvalue weighted by atomic mass is 32.2. The molecule has 0 atom stereocenters. The molecule has 2 heterocycles. The van der Waals surface area contributed by atoms with Crippen LogP contribution in [0.1, 0.15) is 30.1 Å². The number of hydrogen-bond acceptors (Lipinski definition) is 7. The molecule has 10 nitrogen and oxygen atoms in total. The van der Waals surface area contributed by atoms with Gasteiger partial charge in [-0.2, -0.15) is 4.31 Å². The SMILES string of the molecule is CCOc1ccc(NC(=O)CNC(=O)c2ccc3c(c2)OCO3)cc1S(=O)(=O)N1CCCC1. The smallest absolute Gasteiger partial charge is 0.251 e. The van der Waals surface area contributed by atoms with E-state index in [1.807, 2.05) is 0 Å². The average molecular weight is 476 g/mol. The van der Waals surface area contributed by atoms with Crippen molar-refractivity contribution in [3.05, 3.63) is 42.0 Å². The summed E-state index contributed by atoms with van der Waals surface area (Å²) in [5.41, 5.74) is 0.616. The molecule has 2 aliphatic rings. The van der Waals surface area contributed by atoms with Gasteiger partial charge in [0.15, 0.2) is 11.5 Å². The van der Waals surface area contributed by atoms with Crippen molar-refractivity contribution in [1.82, 2.24) is 9.62 Å². The van der Waals surface area contributed by atoms with Crippen LogP contribution in [0.3, 0.4) is 0 Å². The van der Waals surface area contributed by atoms with Crippen LogP contribution < -0.4 is 24.8 Å². The van der Waals surface area contributed by atoms with Gasteiger partial charge in [-0.15, -0.1) is 0 Å². The summed E-state index contributed by atoms with van der Waals surface area (Å²) < 4.78 is 43.5. The molecule has 33 heavy (non-hydrogen) atoms. The summed E-state index contributed by atoms with van der Waals surface area (Å²) in [6, 6.07) is 9.20. The minimum atomic E-state index is -3.75. The van der Waals surface area contributed by atoms with Crippen molar-refractivity contribution in [2.45, 2.75) is 24.7 Å². The molecule has 11 heteroatoms. The fourth-order valence-electron chi connectivity index (χ4n) is 3.64. The highest BCUT2D eigenvalue weighted by Crippen LogP contribution is 2.33. The Balaban J connectivity index is 1.42. The number of nitrogens with one attached hydrogen (secondary N) is 2. The van der Waals surface area contributed by atoms with Gasteiger partial charge in [-0.1, -0.05) is 0 Å². The number of ether oxygens (including phenoxy) is 3. The Labute approximate surface area is 191 Å². The average Bonchev–Trinajstić information content (AvgIpc) is 3.50. The number of benzene rings is 2. The molecule has 0 saturated carbocycles. The van der Waals surface area contributed by atoms with Gasteiger partial charge in [0.05, 0.1) is 13.2 Å². The zero-order chi connectivity index (χ0) is 23.4. The van der Waals surface area contributed by atoms with E-state index >= 15 is 0 Å². The first-order chi connectivity index (χ1) is 15.9. The fourth-order valence-corrected chi connectivity index (χ4v) is 5.31. The van der Waals surface area contributed by atoms with Crippen LogP contribution in [0.25, 0.3) is 0 Å². The number of carbonyl (C=O) groups is 2. The molecule has 0 aromatic heterocycles. The van der Waals surface area contributed by atoms with Crippen molar-refractivity contribution in [2.24, 2.45) is 0 Å². The minimum absolute atomic E-state index is 0.00782. The number of nitrogens with zero attached hydrogens (tertiary/aromatic N) is 1. The van der Waals surface area contributed by atoms with E-state index in [0.717, 1.165) is 12.8 Å². The van der Waals surface area contributed by atoms with Crippen molar-refractivity contribution >= 4 is 27.5 Å². The Kier molecular flexibility index (Phi) is 6.70. The lowest BCUT2D eigenvalue weighted by Gasteiger charge is -2.19. The lowest BCUT2D eigenvalue weighted by atomic mass is 10.2. The maximum Gasteiger partial charge on any atom is 0.251 e. The van der Waals surface area contributed by atoms with Crippen LogP contribution in [0.15, 0.2) is 41.3 Å². The monoisotopic (exact) mass is 475 g/mol. The Morgan fingerprint density at radius 1 is 1.06 bits per heavy atom. The van der Waals surface area contributed by atoms with Crippen LogP contribution in [0.4, 0.5) is 5.69 Å². The van der Waals surface area contributed by atoms with Gasteiger partial charge in [0.2, 0.25) is 22.7 Å². The second-order valence-electron chi connectivity index (χ2n) is 7.50. The number of hydrogen-bond donors (Lipinski definition) is 2. The number of rotatable bonds is 8. The molecule has 0 aliphatic carbocycles. The molecule has 2 N–H and O–H groups in total. The molecule has 0 radical (unpaired) electrons. The lowest BCUT2D eigenvalue weighted by molar-refractivity contribution is -0.115. The highest BCUT2D eigenvalue weighted by molar-refractivity contribution is 7.89. The van der Waals surface area contributed by atoms with Crippen molar-refractivity contribution in [3.8, 4) is 17.2 Å². The first-order valence-electron chi connectivity index (χ1n) is 10.6. The van der Waals surface area contributed by atoms with Crippen LogP contribution in [0.2, 0.25) is 0 Å². The van der Waals surface area contributed by atoms with E-state index in [4.69, 9.17) is 14.2 Å².